The van der Waals surface area contributed by atoms with Crippen LogP contribution in [0.15, 0.2) is 23.4 Å². The van der Waals surface area contributed by atoms with Gasteiger partial charge in [-0.05, 0) is 24.6 Å². The number of benzene rings is 1. The highest BCUT2D eigenvalue weighted by molar-refractivity contribution is 7.99. The van der Waals surface area contributed by atoms with Crippen molar-refractivity contribution < 1.29 is 17.6 Å². The number of alkyl halides is 4. The summed E-state index contributed by atoms with van der Waals surface area (Å²) in [4.78, 5) is 3.90. The lowest BCUT2D eigenvalue weighted by Crippen LogP contribution is -2.10. The first-order chi connectivity index (χ1) is 9.80. The maximum Gasteiger partial charge on any atom is 0.398 e. The topological polar surface area (TPSA) is 30.7 Å². The third-order valence-corrected chi connectivity index (χ3v) is 3.72. The number of nitrogens with zero attached hydrogens (tertiary/aromatic N) is 3. The number of rotatable bonds is 4. The minimum absolute atomic E-state index is 0.0503. The highest BCUT2D eigenvalue weighted by Gasteiger charge is 2.28. The Morgan fingerprint density at radius 2 is 2.05 bits per heavy atom. The van der Waals surface area contributed by atoms with Crippen LogP contribution in [0.4, 0.5) is 17.6 Å². The normalized spacial score (nSPS) is 11.9. The van der Waals surface area contributed by atoms with E-state index in [1.165, 1.54) is 16.8 Å². The molecule has 0 fully saturated rings. The van der Waals surface area contributed by atoms with Crippen LogP contribution in [0.1, 0.15) is 11.4 Å². The number of hydrogen-bond acceptors (Lipinski definition) is 3. The molecular weight excluding hydrogens is 330 g/mol. The van der Waals surface area contributed by atoms with E-state index in [1.54, 1.807) is 13.0 Å². The molecule has 0 saturated carbocycles. The molecular formula is C12H10ClF4N3S. The summed E-state index contributed by atoms with van der Waals surface area (Å²) in [6, 6.07) is 4.34. The van der Waals surface area contributed by atoms with E-state index in [0.29, 0.717) is 23.1 Å². The molecule has 9 heteroatoms. The first kappa shape index (κ1) is 16.1. The van der Waals surface area contributed by atoms with E-state index in [1.807, 2.05) is 0 Å². The molecule has 0 unspecified atom stereocenters. The monoisotopic (exact) mass is 339 g/mol. The van der Waals surface area contributed by atoms with E-state index >= 15 is 0 Å². The van der Waals surface area contributed by atoms with Crippen molar-refractivity contribution in [3.8, 4) is 5.69 Å². The number of thioether (sulfide) groups is 1. The van der Waals surface area contributed by atoms with Crippen LogP contribution in [-0.2, 0) is 5.88 Å². The van der Waals surface area contributed by atoms with Gasteiger partial charge in [-0.1, -0.05) is 17.8 Å². The summed E-state index contributed by atoms with van der Waals surface area (Å²) in [7, 11) is 0. The predicted octanol–water partition coefficient (Wildman–Crippen LogP) is 4.11. The van der Waals surface area contributed by atoms with Gasteiger partial charge >= 0.3 is 6.18 Å². The molecule has 1 heterocycles. The van der Waals surface area contributed by atoms with Crippen LogP contribution < -0.4 is 0 Å². The van der Waals surface area contributed by atoms with Crippen LogP contribution >= 0.6 is 23.4 Å². The Balaban J connectivity index is 2.27. The van der Waals surface area contributed by atoms with Crippen molar-refractivity contribution in [2.45, 2.75) is 24.1 Å². The molecule has 3 nitrogen and oxygen atoms in total. The van der Waals surface area contributed by atoms with Crippen LogP contribution in [0, 0.1) is 12.7 Å². The zero-order chi connectivity index (χ0) is 15.6. The molecule has 0 saturated heterocycles. The lowest BCUT2D eigenvalue weighted by Gasteiger charge is -2.05. The van der Waals surface area contributed by atoms with E-state index in [0.717, 1.165) is 0 Å². The van der Waals surface area contributed by atoms with Gasteiger partial charge in [0.2, 0.25) is 5.16 Å². The van der Waals surface area contributed by atoms with E-state index < -0.39 is 17.7 Å². The SMILES string of the molecule is Cc1nc(SCC(F)(F)F)nn1-c1ccc(CCl)cc1F. The highest BCUT2D eigenvalue weighted by atomic mass is 35.5. The van der Waals surface area contributed by atoms with E-state index in [-0.39, 0.29) is 16.7 Å². The predicted molar refractivity (Wildman–Crippen MR) is 72.4 cm³/mol. The Bertz CT molecular complexity index is 642. The van der Waals surface area contributed by atoms with Gasteiger partial charge in [-0.2, -0.15) is 13.2 Å². The van der Waals surface area contributed by atoms with Gasteiger partial charge in [-0.3, -0.25) is 0 Å². The average Bonchev–Trinajstić information content (AvgIpc) is 2.77. The van der Waals surface area contributed by atoms with E-state index in [2.05, 4.69) is 10.1 Å². The lowest BCUT2D eigenvalue weighted by molar-refractivity contribution is -0.105. The van der Waals surface area contributed by atoms with Gasteiger partial charge in [0.05, 0.1) is 5.75 Å². The molecule has 21 heavy (non-hydrogen) atoms. The molecule has 0 aliphatic rings. The summed E-state index contributed by atoms with van der Waals surface area (Å²) in [5, 5.41) is 3.84. The summed E-state index contributed by atoms with van der Waals surface area (Å²) in [5.74, 6) is -1.18. The zero-order valence-electron chi connectivity index (χ0n) is 10.8. The molecule has 0 radical (unpaired) electrons. The van der Waals surface area contributed by atoms with Crippen molar-refractivity contribution in [1.82, 2.24) is 14.8 Å². The summed E-state index contributed by atoms with van der Waals surface area (Å²) in [6.07, 6.45) is -4.31. The highest BCUT2D eigenvalue weighted by Crippen LogP contribution is 2.26. The second-order valence-corrected chi connectivity index (χ2v) is 5.39. The first-order valence-electron chi connectivity index (χ1n) is 5.78. The fourth-order valence-electron chi connectivity index (χ4n) is 1.61. The van der Waals surface area contributed by atoms with Gasteiger partial charge in [0.1, 0.15) is 17.3 Å². The van der Waals surface area contributed by atoms with Gasteiger partial charge in [-0.15, -0.1) is 16.7 Å². The molecule has 0 bridgehead atoms. The Morgan fingerprint density at radius 3 is 2.62 bits per heavy atom. The Kier molecular flexibility index (Phi) is 4.77. The number of hydrogen-bond donors (Lipinski definition) is 0. The Labute approximate surface area is 127 Å². The average molecular weight is 340 g/mol. The Morgan fingerprint density at radius 1 is 1.33 bits per heavy atom. The summed E-state index contributed by atoms with van der Waals surface area (Å²) >= 11 is 6.06. The lowest BCUT2D eigenvalue weighted by atomic mass is 10.2. The molecule has 0 amide bonds. The van der Waals surface area contributed by atoms with Gasteiger partial charge in [0.25, 0.3) is 0 Å². The largest absolute Gasteiger partial charge is 0.398 e. The fourth-order valence-corrected chi connectivity index (χ4v) is 2.40. The van der Waals surface area contributed by atoms with Crippen LogP contribution in [0.25, 0.3) is 5.69 Å². The van der Waals surface area contributed by atoms with Gasteiger partial charge < -0.3 is 0 Å². The van der Waals surface area contributed by atoms with Crippen LogP contribution in [-0.4, -0.2) is 26.7 Å². The number of aryl methyl sites for hydroxylation is 1. The maximum atomic E-state index is 14.0. The molecule has 1 aromatic carbocycles. The second-order valence-electron chi connectivity index (χ2n) is 4.18. The standard InChI is InChI=1S/C12H10ClF4N3S/c1-7-18-11(21-6-12(15,16)17)19-20(7)10-3-2-8(5-13)4-9(10)14/h2-4H,5-6H2,1H3. The summed E-state index contributed by atoms with van der Waals surface area (Å²) in [5.41, 5.74) is 0.718. The van der Waals surface area contributed by atoms with Gasteiger partial charge in [0, 0.05) is 5.88 Å². The zero-order valence-corrected chi connectivity index (χ0v) is 12.4. The molecule has 0 N–H and O–H groups in total. The third kappa shape index (κ3) is 4.10. The Hall–Kier alpha value is -1.28. The maximum absolute atomic E-state index is 14.0. The van der Waals surface area contributed by atoms with E-state index in [4.69, 9.17) is 11.6 Å². The van der Waals surface area contributed by atoms with Crippen molar-refractivity contribution >= 4 is 23.4 Å². The second kappa shape index (κ2) is 6.23. The van der Waals surface area contributed by atoms with Crippen molar-refractivity contribution in [3.63, 3.8) is 0 Å². The fraction of sp³-hybridized carbons (Fsp3) is 0.333. The van der Waals surface area contributed by atoms with Crippen LogP contribution in [0.3, 0.4) is 0 Å². The molecule has 0 aliphatic carbocycles. The van der Waals surface area contributed by atoms with Gasteiger partial charge in [-0.25, -0.2) is 14.1 Å². The minimum atomic E-state index is -4.31. The molecule has 2 aromatic rings. The smallest absolute Gasteiger partial charge is 0.214 e. The van der Waals surface area contributed by atoms with Crippen LogP contribution in [0.2, 0.25) is 0 Å². The van der Waals surface area contributed by atoms with Crippen molar-refractivity contribution in [2.75, 3.05) is 5.75 Å². The molecule has 114 valence electrons. The van der Waals surface area contributed by atoms with Crippen molar-refractivity contribution in [3.05, 3.63) is 35.4 Å². The molecule has 0 aliphatic heterocycles. The third-order valence-electron chi connectivity index (χ3n) is 2.51. The molecule has 0 spiro atoms. The summed E-state index contributed by atoms with van der Waals surface area (Å²) in [6.45, 7) is 1.54. The summed E-state index contributed by atoms with van der Waals surface area (Å²) < 4.78 is 51.6. The van der Waals surface area contributed by atoms with Crippen molar-refractivity contribution in [2.24, 2.45) is 0 Å². The van der Waals surface area contributed by atoms with Crippen LogP contribution in [0.5, 0.6) is 0 Å². The molecule has 0 atom stereocenters. The quantitative estimate of drug-likeness (QED) is 0.477. The number of aromatic nitrogens is 3. The van der Waals surface area contributed by atoms with Crippen molar-refractivity contribution in [1.29, 1.82) is 0 Å². The number of halogens is 5. The minimum Gasteiger partial charge on any atom is -0.214 e. The van der Waals surface area contributed by atoms with Gasteiger partial charge in [0.15, 0.2) is 0 Å². The first-order valence-corrected chi connectivity index (χ1v) is 7.30. The molecule has 2 rings (SSSR count). The molecule has 1 aromatic heterocycles. The van der Waals surface area contributed by atoms with E-state index in [9.17, 15) is 17.6 Å².